The normalized spacial score (nSPS) is 10.5. The highest BCUT2D eigenvalue weighted by atomic mass is 16.5. The number of benzene rings is 1. The summed E-state index contributed by atoms with van der Waals surface area (Å²) in [4.78, 5) is 23.0. The summed E-state index contributed by atoms with van der Waals surface area (Å²) in [6, 6.07) is 11.1. The fraction of sp³-hybridized carbons (Fsp3) is 0.222. The fourth-order valence-corrected chi connectivity index (χ4v) is 2.46. The summed E-state index contributed by atoms with van der Waals surface area (Å²) >= 11 is 0. The van der Waals surface area contributed by atoms with Crippen molar-refractivity contribution in [3.8, 4) is 0 Å². The molecule has 2 aromatic heterocycles. The Bertz CT molecular complexity index is 890. The summed E-state index contributed by atoms with van der Waals surface area (Å²) < 4.78 is 5.00. The molecule has 0 bridgehead atoms. The van der Waals surface area contributed by atoms with Crippen LogP contribution in [0.25, 0.3) is 0 Å². The first-order valence-corrected chi connectivity index (χ1v) is 7.98. The Hall–Kier alpha value is -3.22. The zero-order valence-electron chi connectivity index (χ0n) is 14.4. The van der Waals surface area contributed by atoms with E-state index in [2.05, 4.69) is 20.4 Å². The van der Waals surface area contributed by atoms with Gasteiger partial charge in [-0.15, -0.1) is 0 Å². The summed E-state index contributed by atoms with van der Waals surface area (Å²) in [6.45, 7) is 6.25. The predicted molar refractivity (Wildman–Crippen MR) is 95.1 cm³/mol. The molecule has 1 aromatic carbocycles. The van der Waals surface area contributed by atoms with Crippen LogP contribution in [0, 0.1) is 13.8 Å². The largest absolute Gasteiger partial charge is 0.360 e. The maximum Gasteiger partial charge on any atom is 0.277 e. The lowest BCUT2D eigenvalue weighted by atomic mass is 10.2. The van der Waals surface area contributed by atoms with Crippen molar-refractivity contribution in [1.29, 1.82) is 0 Å². The van der Waals surface area contributed by atoms with Crippen molar-refractivity contribution in [2.75, 3.05) is 16.8 Å². The van der Waals surface area contributed by atoms with Crippen LogP contribution in [0.15, 0.2) is 47.1 Å². The maximum atomic E-state index is 12.9. The second-order valence-electron chi connectivity index (χ2n) is 5.60. The van der Waals surface area contributed by atoms with Gasteiger partial charge in [0.25, 0.3) is 5.91 Å². The van der Waals surface area contributed by atoms with Gasteiger partial charge in [0.15, 0.2) is 5.82 Å². The van der Waals surface area contributed by atoms with Crippen LogP contribution in [0.3, 0.4) is 0 Å². The van der Waals surface area contributed by atoms with Crippen molar-refractivity contribution in [3.05, 3.63) is 59.6 Å². The summed E-state index contributed by atoms with van der Waals surface area (Å²) in [5.41, 5.74) is 2.24. The Morgan fingerprint density at radius 3 is 2.76 bits per heavy atom. The van der Waals surface area contributed by atoms with Crippen molar-refractivity contribution in [1.82, 2.24) is 15.1 Å². The van der Waals surface area contributed by atoms with E-state index in [4.69, 9.17) is 4.52 Å². The van der Waals surface area contributed by atoms with Gasteiger partial charge in [0.2, 0.25) is 5.95 Å². The highest BCUT2D eigenvalue weighted by Crippen LogP contribution is 2.19. The molecule has 0 aliphatic rings. The van der Waals surface area contributed by atoms with E-state index in [0.29, 0.717) is 29.8 Å². The molecule has 3 rings (SSSR count). The van der Waals surface area contributed by atoms with Gasteiger partial charge < -0.3 is 14.7 Å². The minimum absolute atomic E-state index is 0.185. The SMILES string of the molecule is CCN(C(=O)c1ccnc(Nc2cc(C)on2)n1)c1cccc(C)c1. The first-order chi connectivity index (χ1) is 12.1. The number of aromatic nitrogens is 3. The van der Waals surface area contributed by atoms with Crippen molar-refractivity contribution < 1.29 is 9.32 Å². The molecule has 1 amide bonds. The lowest BCUT2D eigenvalue weighted by Crippen LogP contribution is -2.31. The molecule has 0 atom stereocenters. The van der Waals surface area contributed by atoms with Gasteiger partial charge in [-0.2, -0.15) is 0 Å². The zero-order chi connectivity index (χ0) is 17.8. The summed E-state index contributed by atoms with van der Waals surface area (Å²) in [5.74, 6) is 1.27. The van der Waals surface area contributed by atoms with Crippen LogP contribution in [-0.2, 0) is 0 Å². The van der Waals surface area contributed by atoms with E-state index in [9.17, 15) is 4.79 Å². The molecule has 128 valence electrons. The lowest BCUT2D eigenvalue weighted by Gasteiger charge is -2.21. The van der Waals surface area contributed by atoms with E-state index in [-0.39, 0.29) is 5.91 Å². The summed E-state index contributed by atoms with van der Waals surface area (Å²) in [5, 5.41) is 6.76. The van der Waals surface area contributed by atoms with E-state index in [1.165, 1.54) is 0 Å². The minimum Gasteiger partial charge on any atom is -0.360 e. The van der Waals surface area contributed by atoms with Crippen LogP contribution in [0.2, 0.25) is 0 Å². The van der Waals surface area contributed by atoms with E-state index in [1.54, 1.807) is 30.2 Å². The average molecular weight is 337 g/mol. The number of amides is 1. The standard InChI is InChI=1S/C18H19N5O2/c1-4-23(14-7-5-6-12(2)10-14)17(24)15-8-9-19-18(20-15)21-16-11-13(3)25-22-16/h5-11H,4H2,1-3H3,(H,19,20,21,22). The molecule has 25 heavy (non-hydrogen) atoms. The van der Waals surface area contributed by atoms with Crippen molar-refractivity contribution in [3.63, 3.8) is 0 Å². The van der Waals surface area contributed by atoms with Crippen molar-refractivity contribution in [2.24, 2.45) is 0 Å². The Kier molecular flexibility index (Phi) is 4.74. The van der Waals surface area contributed by atoms with Gasteiger partial charge in [0.05, 0.1) is 0 Å². The Labute approximate surface area is 145 Å². The molecule has 0 fully saturated rings. The molecule has 0 unspecified atom stereocenters. The smallest absolute Gasteiger partial charge is 0.277 e. The van der Waals surface area contributed by atoms with Gasteiger partial charge in [0, 0.05) is 24.5 Å². The third kappa shape index (κ3) is 3.82. The molecule has 3 aromatic rings. The van der Waals surface area contributed by atoms with Crippen LogP contribution < -0.4 is 10.2 Å². The highest BCUT2D eigenvalue weighted by Gasteiger charge is 2.18. The molecule has 0 saturated carbocycles. The average Bonchev–Trinajstić information content (AvgIpc) is 3.00. The molecule has 7 heteroatoms. The zero-order valence-corrected chi connectivity index (χ0v) is 14.4. The number of nitrogens with one attached hydrogen (secondary N) is 1. The highest BCUT2D eigenvalue weighted by molar-refractivity contribution is 6.04. The Morgan fingerprint density at radius 2 is 2.08 bits per heavy atom. The third-order valence-electron chi connectivity index (χ3n) is 3.62. The summed E-state index contributed by atoms with van der Waals surface area (Å²) in [6.07, 6.45) is 1.54. The maximum absolute atomic E-state index is 12.9. The number of nitrogens with zero attached hydrogens (tertiary/aromatic N) is 4. The molecule has 0 spiro atoms. The van der Waals surface area contributed by atoms with E-state index >= 15 is 0 Å². The monoisotopic (exact) mass is 337 g/mol. The molecule has 7 nitrogen and oxygen atoms in total. The first-order valence-electron chi connectivity index (χ1n) is 7.98. The molecule has 1 N–H and O–H groups in total. The molecule has 0 aliphatic carbocycles. The van der Waals surface area contributed by atoms with Crippen LogP contribution >= 0.6 is 0 Å². The van der Waals surface area contributed by atoms with Gasteiger partial charge in [0.1, 0.15) is 11.5 Å². The Balaban J connectivity index is 1.84. The second kappa shape index (κ2) is 7.12. The summed E-state index contributed by atoms with van der Waals surface area (Å²) in [7, 11) is 0. The fourth-order valence-electron chi connectivity index (χ4n) is 2.46. The van der Waals surface area contributed by atoms with Gasteiger partial charge in [-0.1, -0.05) is 17.3 Å². The van der Waals surface area contributed by atoms with Crippen molar-refractivity contribution >= 4 is 23.4 Å². The quantitative estimate of drug-likeness (QED) is 0.767. The van der Waals surface area contributed by atoms with E-state index in [0.717, 1.165) is 11.3 Å². The molecular weight excluding hydrogens is 318 g/mol. The van der Waals surface area contributed by atoms with Crippen LogP contribution in [0.4, 0.5) is 17.5 Å². The molecule has 2 heterocycles. The number of hydrogen-bond acceptors (Lipinski definition) is 6. The topological polar surface area (TPSA) is 84.2 Å². The second-order valence-corrected chi connectivity index (χ2v) is 5.60. The van der Waals surface area contributed by atoms with Crippen LogP contribution in [0.5, 0.6) is 0 Å². The number of anilines is 3. The van der Waals surface area contributed by atoms with Crippen molar-refractivity contribution in [2.45, 2.75) is 20.8 Å². The molecule has 0 radical (unpaired) electrons. The molecular formula is C18H19N5O2. The van der Waals surface area contributed by atoms with Crippen LogP contribution in [-0.4, -0.2) is 27.6 Å². The molecule has 0 saturated heterocycles. The number of rotatable bonds is 5. The molecule has 0 aliphatic heterocycles. The number of hydrogen-bond donors (Lipinski definition) is 1. The number of carbonyl (C=O) groups is 1. The lowest BCUT2D eigenvalue weighted by molar-refractivity contribution is 0.0983. The van der Waals surface area contributed by atoms with Crippen LogP contribution in [0.1, 0.15) is 28.7 Å². The van der Waals surface area contributed by atoms with E-state index in [1.807, 2.05) is 38.1 Å². The van der Waals surface area contributed by atoms with Gasteiger partial charge in [-0.25, -0.2) is 9.97 Å². The van der Waals surface area contributed by atoms with Gasteiger partial charge in [-0.05, 0) is 44.5 Å². The first kappa shape index (κ1) is 16.6. The predicted octanol–water partition coefficient (Wildman–Crippen LogP) is 3.49. The minimum atomic E-state index is -0.185. The number of aryl methyl sites for hydroxylation is 2. The number of carbonyl (C=O) groups excluding carboxylic acids is 1. The van der Waals surface area contributed by atoms with Gasteiger partial charge >= 0.3 is 0 Å². The third-order valence-corrected chi connectivity index (χ3v) is 3.62. The Morgan fingerprint density at radius 1 is 1.24 bits per heavy atom. The van der Waals surface area contributed by atoms with E-state index < -0.39 is 0 Å². The van der Waals surface area contributed by atoms with Gasteiger partial charge in [-0.3, -0.25) is 4.79 Å².